The molecule has 7 nitrogen and oxygen atoms in total. The molecule has 0 bridgehead atoms. The van der Waals surface area contributed by atoms with Crippen LogP contribution in [0.5, 0.6) is 17.2 Å². The van der Waals surface area contributed by atoms with Crippen LogP contribution in [-0.2, 0) is 20.8 Å². The van der Waals surface area contributed by atoms with Gasteiger partial charge in [-0.25, -0.2) is 0 Å². The Morgan fingerprint density at radius 3 is 2.16 bits per heavy atom. The third kappa shape index (κ3) is 7.71. The number of likely N-dealkylation sites (N-methyl/N-ethyl adjacent to an activating group) is 1. The summed E-state index contributed by atoms with van der Waals surface area (Å²) in [4.78, 5) is 2.28. The summed E-state index contributed by atoms with van der Waals surface area (Å²) in [5.74, 6) is 2.26. The predicted molar refractivity (Wildman–Crippen MR) is 215 cm³/mol. The van der Waals surface area contributed by atoms with E-state index < -0.39 is 8.32 Å². The van der Waals surface area contributed by atoms with Gasteiger partial charge in [0.15, 0.2) is 6.79 Å². The largest absolute Gasteiger partial charge is 0.542 e. The highest BCUT2D eigenvalue weighted by Gasteiger charge is 2.48. The van der Waals surface area contributed by atoms with E-state index in [4.69, 9.17) is 28.1 Å². The summed E-state index contributed by atoms with van der Waals surface area (Å²) >= 11 is 3.82. The summed E-state index contributed by atoms with van der Waals surface area (Å²) in [6.07, 6.45) is 0.376. The number of methoxy groups -OCH3 is 2. The second-order valence-electron chi connectivity index (χ2n) is 15.2. The maximum atomic E-state index is 7.49. The molecule has 0 aromatic heterocycles. The molecule has 0 aliphatic carbocycles. The van der Waals surface area contributed by atoms with Gasteiger partial charge in [-0.05, 0) is 113 Å². The van der Waals surface area contributed by atoms with Crippen LogP contribution in [0.3, 0.4) is 0 Å². The molecule has 0 unspecified atom stereocenters. The van der Waals surface area contributed by atoms with E-state index in [-0.39, 0.29) is 31.1 Å². The van der Waals surface area contributed by atoms with E-state index in [1.54, 1.807) is 14.2 Å². The third-order valence-electron chi connectivity index (χ3n) is 10.9. The first kappa shape index (κ1) is 39.5. The fourth-order valence-corrected chi connectivity index (χ4v) is 14.3. The van der Waals surface area contributed by atoms with Crippen molar-refractivity contribution >= 4 is 45.8 Å². The zero-order valence-electron chi connectivity index (χ0n) is 32.6. The molecule has 1 heterocycles. The van der Waals surface area contributed by atoms with Crippen molar-refractivity contribution in [3.63, 3.8) is 0 Å². The summed E-state index contributed by atoms with van der Waals surface area (Å²) in [5.41, 5.74) is 4.52. The van der Waals surface area contributed by atoms with Crippen molar-refractivity contribution in [2.24, 2.45) is 0 Å². The lowest BCUT2D eigenvalue weighted by molar-refractivity contribution is -0.167. The van der Waals surface area contributed by atoms with Crippen LogP contribution in [0.15, 0.2) is 59.1 Å². The third-order valence-corrected chi connectivity index (χ3v) is 17.9. The molecule has 4 atom stereocenters. The highest BCUT2D eigenvalue weighted by Crippen LogP contribution is 2.52. The average molecular weight is 781 g/mol. The molecule has 0 spiro atoms. The van der Waals surface area contributed by atoms with Gasteiger partial charge in [0.1, 0.15) is 17.2 Å². The number of fused-ring (bicyclic) bond motifs is 2. The van der Waals surface area contributed by atoms with Gasteiger partial charge in [-0.15, -0.1) is 0 Å². The fraction of sp³-hybridized carbons (Fsp3) is 0.524. The maximum absolute atomic E-state index is 7.49. The van der Waals surface area contributed by atoms with Crippen LogP contribution >= 0.6 is 15.9 Å². The van der Waals surface area contributed by atoms with Crippen molar-refractivity contribution < 1.29 is 28.1 Å². The Balaban J connectivity index is 1.73. The van der Waals surface area contributed by atoms with Crippen molar-refractivity contribution in [3.8, 4) is 17.2 Å². The van der Waals surface area contributed by atoms with E-state index in [1.165, 1.54) is 0 Å². The first-order valence-electron chi connectivity index (χ1n) is 18.3. The Hall–Kier alpha value is -2.66. The van der Waals surface area contributed by atoms with Gasteiger partial charge >= 0.3 is 0 Å². The van der Waals surface area contributed by atoms with Gasteiger partial charge in [0.25, 0.3) is 8.32 Å². The molecule has 1 aliphatic rings. The molecular weight excluding hydrogens is 722 g/mol. The van der Waals surface area contributed by atoms with Crippen LogP contribution in [0, 0.1) is 6.92 Å². The van der Waals surface area contributed by atoms with Gasteiger partial charge in [-0.3, -0.25) is 0 Å². The van der Waals surface area contributed by atoms with E-state index in [9.17, 15) is 0 Å². The topological polar surface area (TPSA) is 58.6 Å². The molecule has 1 fully saturated rings. The lowest BCUT2D eigenvalue weighted by Gasteiger charge is -2.44. The molecule has 51 heavy (non-hydrogen) atoms. The number of nitrogens with zero attached hydrogens (tertiary/aromatic N) is 1. The van der Waals surface area contributed by atoms with E-state index >= 15 is 0 Å². The van der Waals surface area contributed by atoms with Crippen molar-refractivity contribution in [1.29, 1.82) is 0 Å². The molecule has 4 aromatic carbocycles. The zero-order chi connectivity index (χ0) is 37.2. The van der Waals surface area contributed by atoms with Crippen molar-refractivity contribution in [2.45, 2.75) is 109 Å². The Morgan fingerprint density at radius 1 is 0.902 bits per heavy atom. The van der Waals surface area contributed by atoms with Crippen molar-refractivity contribution in [3.05, 3.63) is 75.8 Å². The predicted octanol–water partition coefficient (Wildman–Crippen LogP) is 11.0. The highest BCUT2D eigenvalue weighted by atomic mass is 79.9. The number of aryl methyl sites for hydroxylation is 1. The molecule has 278 valence electrons. The van der Waals surface area contributed by atoms with Gasteiger partial charge < -0.3 is 33.0 Å². The molecule has 9 heteroatoms. The number of hydrogen-bond acceptors (Lipinski definition) is 7. The van der Waals surface area contributed by atoms with Crippen LogP contribution in [-0.4, -0.2) is 66.6 Å². The number of halogens is 1. The number of hydrogen-bond donors (Lipinski definition) is 0. The molecule has 4 aromatic rings. The SMILES string of the molecule is COCOc1c(Br)c(C)cc2cc3c([C@H]4C[C@@H](N(C)C)[C@H](OCc5ccccc5)[C@@H](C)O4)ccc(O[Si](C(C)C)(C(C)C)C(C)C)c3c(OC)c12. The Bertz CT molecular complexity index is 1770. The van der Waals surface area contributed by atoms with Crippen LogP contribution in [0.1, 0.15) is 77.7 Å². The molecule has 1 saturated heterocycles. The quantitative estimate of drug-likeness (QED) is 0.0717. The first-order valence-corrected chi connectivity index (χ1v) is 21.2. The number of benzene rings is 4. The summed E-state index contributed by atoms with van der Waals surface area (Å²) in [7, 11) is 5.30. The molecule has 5 rings (SSSR count). The minimum Gasteiger partial charge on any atom is -0.542 e. The minimum absolute atomic E-state index is 0.0871. The van der Waals surface area contributed by atoms with E-state index in [0.29, 0.717) is 29.0 Å². The smallest absolute Gasteiger partial charge is 0.258 e. The lowest BCUT2D eigenvalue weighted by Crippen LogP contribution is -2.52. The molecule has 1 aliphatic heterocycles. The van der Waals surface area contributed by atoms with Crippen LogP contribution < -0.4 is 13.9 Å². The number of ether oxygens (including phenoxy) is 5. The summed E-state index contributed by atoms with van der Waals surface area (Å²) in [6, 6.07) is 19.4. The lowest BCUT2D eigenvalue weighted by atomic mass is 9.88. The van der Waals surface area contributed by atoms with Crippen LogP contribution in [0.25, 0.3) is 21.5 Å². The van der Waals surface area contributed by atoms with Crippen LogP contribution in [0.2, 0.25) is 16.6 Å². The standard InChI is InChI=1S/C42H58BrNO6Si/c1-25(2)51(26(3)4,27(5)6)50-35-19-18-32(36-22-34(44(9)10)40(29(8)49-36)47-23-30-16-14-13-15-17-30)33-21-31-20-28(7)39(43)42(48-24-45-11)37(31)41(46-12)38(33)35/h13-21,25-27,29,34,36,40H,22-24H2,1-12H3/t29-,34-,36-,40-/m1/s1. The normalized spacial score (nSPS) is 19.9. The Kier molecular flexibility index (Phi) is 12.8. The van der Waals surface area contributed by atoms with Crippen LogP contribution in [0.4, 0.5) is 0 Å². The average Bonchev–Trinajstić information content (AvgIpc) is 3.09. The Morgan fingerprint density at radius 2 is 1.57 bits per heavy atom. The second kappa shape index (κ2) is 16.6. The van der Waals surface area contributed by atoms with Gasteiger partial charge in [0, 0.05) is 13.2 Å². The zero-order valence-corrected chi connectivity index (χ0v) is 35.2. The van der Waals surface area contributed by atoms with Crippen molar-refractivity contribution in [2.75, 3.05) is 35.1 Å². The molecule has 0 saturated carbocycles. The Labute approximate surface area is 315 Å². The van der Waals surface area contributed by atoms with E-state index in [2.05, 4.69) is 139 Å². The maximum Gasteiger partial charge on any atom is 0.258 e. The molecule has 0 amide bonds. The molecular formula is C42H58BrNO6Si. The number of rotatable bonds is 14. The van der Waals surface area contributed by atoms with Gasteiger partial charge in [0.05, 0.1) is 47.3 Å². The van der Waals surface area contributed by atoms with Gasteiger partial charge in [-0.2, -0.15) is 0 Å². The monoisotopic (exact) mass is 779 g/mol. The highest BCUT2D eigenvalue weighted by molar-refractivity contribution is 9.10. The minimum atomic E-state index is -2.35. The second-order valence-corrected chi connectivity index (χ2v) is 21.4. The van der Waals surface area contributed by atoms with E-state index in [0.717, 1.165) is 60.6 Å². The summed E-state index contributed by atoms with van der Waals surface area (Å²) in [5, 5.41) is 3.90. The summed E-state index contributed by atoms with van der Waals surface area (Å²) in [6.45, 7) is 18.8. The first-order chi connectivity index (χ1) is 24.3. The van der Waals surface area contributed by atoms with Gasteiger partial charge in [0.2, 0.25) is 0 Å². The fourth-order valence-electron chi connectivity index (χ4n) is 8.57. The van der Waals surface area contributed by atoms with Crippen molar-refractivity contribution in [1.82, 2.24) is 4.90 Å². The van der Waals surface area contributed by atoms with Gasteiger partial charge in [-0.1, -0.05) is 77.9 Å². The van der Waals surface area contributed by atoms with E-state index in [1.807, 2.05) is 6.07 Å². The molecule has 0 N–H and O–H groups in total. The molecule has 0 radical (unpaired) electrons. The summed E-state index contributed by atoms with van der Waals surface area (Å²) < 4.78 is 40.0.